The molecule has 0 saturated carbocycles. The highest BCUT2D eigenvalue weighted by atomic mass is 35.5. The maximum absolute atomic E-state index is 13.3. The number of carbonyl (C=O) groups excluding carboxylic acids is 1. The smallest absolute Gasteiger partial charge is 0.195 e. The van der Waals surface area contributed by atoms with Gasteiger partial charge < -0.3 is 5.73 Å². The Morgan fingerprint density at radius 3 is 2.20 bits per heavy atom. The van der Waals surface area contributed by atoms with Gasteiger partial charge in [-0.15, -0.1) is 0 Å². The molecule has 0 fully saturated rings. The highest BCUT2D eigenvalue weighted by Gasteiger charge is 2.20. The third-order valence-electron chi connectivity index (χ3n) is 3.02. The van der Waals surface area contributed by atoms with Crippen molar-refractivity contribution < 1.29 is 9.18 Å². The van der Waals surface area contributed by atoms with Crippen LogP contribution in [0.25, 0.3) is 0 Å². The van der Waals surface area contributed by atoms with Crippen LogP contribution >= 0.6 is 23.2 Å². The molecule has 0 radical (unpaired) electrons. The summed E-state index contributed by atoms with van der Waals surface area (Å²) in [6.45, 7) is 3.34. The van der Waals surface area contributed by atoms with Gasteiger partial charge in [0.25, 0.3) is 0 Å². The molecule has 0 spiro atoms. The standard InChI is InChI=1S/C15H12Cl2FNO/c1-7-3-9(18)4-8(2)13(7)15(20)11-5-10(19)6-12(16)14(11)17/h3-6H,19H2,1-2H3. The molecular weight excluding hydrogens is 300 g/mol. The zero-order valence-electron chi connectivity index (χ0n) is 10.9. The molecular formula is C15H12Cl2FNO. The van der Waals surface area contributed by atoms with Crippen LogP contribution in [0.4, 0.5) is 10.1 Å². The van der Waals surface area contributed by atoms with Gasteiger partial charge in [0.2, 0.25) is 0 Å². The summed E-state index contributed by atoms with van der Waals surface area (Å²) in [6.07, 6.45) is 0. The summed E-state index contributed by atoms with van der Waals surface area (Å²) >= 11 is 12.0. The van der Waals surface area contributed by atoms with Crippen molar-refractivity contribution in [2.24, 2.45) is 0 Å². The number of rotatable bonds is 2. The van der Waals surface area contributed by atoms with Crippen molar-refractivity contribution in [1.29, 1.82) is 0 Å². The number of ketones is 1. The molecule has 0 saturated heterocycles. The van der Waals surface area contributed by atoms with E-state index in [1.807, 2.05) is 0 Å². The van der Waals surface area contributed by atoms with E-state index in [4.69, 9.17) is 28.9 Å². The molecule has 0 heterocycles. The van der Waals surface area contributed by atoms with Gasteiger partial charge in [-0.05, 0) is 49.2 Å². The van der Waals surface area contributed by atoms with Crippen LogP contribution in [0.5, 0.6) is 0 Å². The largest absolute Gasteiger partial charge is 0.399 e. The van der Waals surface area contributed by atoms with Crippen molar-refractivity contribution in [2.45, 2.75) is 13.8 Å². The number of benzene rings is 2. The Balaban J connectivity index is 2.64. The fraction of sp³-hybridized carbons (Fsp3) is 0.133. The van der Waals surface area contributed by atoms with Gasteiger partial charge >= 0.3 is 0 Å². The van der Waals surface area contributed by atoms with Crippen molar-refractivity contribution in [2.75, 3.05) is 5.73 Å². The first-order chi connectivity index (χ1) is 9.31. The van der Waals surface area contributed by atoms with E-state index in [9.17, 15) is 9.18 Å². The molecule has 2 rings (SSSR count). The van der Waals surface area contributed by atoms with Crippen LogP contribution in [0.3, 0.4) is 0 Å². The van der Waals surface area contributed by atoms with E-state index in [-0.39, 0.29) is 27.2 Å². The van der Waals surface area contributed by atoms with E-state index >= 15 is 0 Å². The monoisotopic (exact) mass is 311 g/mol. The minimum Gasteiger partial charge on any atom is -0.399 e. The zero-order valence-corrected chi connectivity index (χ0v) is 12.4. The van der Waals surface area contributed by atoms with Crippen molar-refractivity contribution in [1.82, 2.24) is 0 Å². The molecule has 0 unspecified atom stereocenters. The number of nitrogens with two attached hydrogens (primary N) is 1. The van der Waals surface area contributed by atoms with Gasteiger partial charge in [0, 0.05) is 16.8 Å². The van der Waals surface area contributed by atoms with Gasteiger partial charge in [-0.3, -0.25) is 4.79 Å². The Bertz CT molecular complexity index is 690. The predicted octanol–water partition coefficient (Wildman–Crippen LogP) is 4.56. The van der Waals surface area contributed by atoms with Crippen molar-refractivity contribution in [3.05, 3.63) is 62.4 Å². The Morgan fingerprint density at radius 2 is 1.65 bits per heavy atom. The fourth-order valence-corrected chi connectivity index (χ4v) is 2.60. The lowest BCUT2D eigenvalue weighted by Crippen LogP contribution is -2.08. The van der Waals surface area contributed by atoms with Gasteiger partial charge in [-0.2, -0.15) is 0 Å². The lowest BCUT2D eigenvalue weighted by molar-refractivity contribution is 0.103. The SMILES string of the molecule is Cc1cc(F)cc(C)c1C(=O)c1cc(N)cc(Cl)c1Cl. The summed E-state index contributed by atoms with van der Waals surface area (Å²) in [4.78, 5) is 12.6. The Morgan fingerprint density at radius 1 is 1.10 bits per heavy atom. The number of hydrogen-bond donors (Lipinski definition) is 1. The van der Waals surface area contributed by atoms with Gasteiger partial charge in [0.05, 0.1) is 10.0 Å². The number of hydrogen-bond acceptors (Lipinski definition) is 2. The molecule has 0 bridgehead atoms. The average Bonchev–Trinajstić information content (AvgIpc) is 2.32. The van der Waals surface area contributed by atoms with Crippen LogP contribution in [0.1, 0.15) is 27.0 Å². The Hall–Kier alpha value is -1.58. The summed E-state index contributed by atoms with van der Waals surface area (Å²) in [6, 6.07) is 5.56. The normalized spacial score (nSPS) is 10.7. The number of carbonyl (C=O) groups is 1. The van der Waals surface area contributed by atoms with Crippen LogP contribution in [-0.4, -0.2) is 5.78 Å². The Kier molecular flexibility index (Phi) is 4.02. The molecule has 104 valence electrons. The minimum atomic E-state index is -0.381. The number of nitrogen functional groups attached to an aromatic ring is 1. The van der Waals surface area contributed by atoms with Crippen LogP contribution in [0, 0.1) is 19.7 Å². The highest BCUT2D eigenvalue weighted by Crippen LogP contribution is 2.31. The first kappa shape index (κ1) is 14.8. The number of aryl methyl sites for hydroxylation is 2. The summed E-state index contributed by atoms with van der Waals surface area (Å²) in [5, 5.41) is 0.362. The Labute approximate surface area is 126 Å². The maximum atomic E-state index is 13.3. The van der Waals surface area contributed by atoms with E-state index in [1.165, 1.54) is 24.3 Å². The number of anilines is 1. The van der Waals surface area contributed by atoms with Gasteiger partial charge in [0.15, 0.2) is 5.78 Å². The molecule has 0 amide bonds. The molecule has 0 aliphatic carbocycles. The summed E-state index contributed by atoms with van der Waals surface area (Å²) in [5.41, 5.74) is 7.75. The molecule has 0 atom stereocenters. The molecule has 0 aliphatic rings. The van der Waals surface area contributed by atoms with E-state index in [0.29, 0.717) is 22.4 Å². The van der Waals surface area contributed by atoms with E-state index < -0.39 is 0 Å². The van der Waals surface area contributed by atoms with Crippen molar-refractivity contribution in [3.8, 4) is 0 Å². The van der Waals surface area contributed by atoms with Crippen LogP contribution in [-0.2, 0) is 0 Å². The second kappa shape index (κ2) is 5.43. The summed E-state index contributed by atoms with van der Waals surface area (Å²) in [7, 11) is 0. The lowest BCUT2D eigenvalue weighted by atomic mass is 9.94. The van der Waals surface area contributed by atoms with Crippen LogP contribution in [0.15, 0.2) is 24.3 Å². The fourth-order valence-electron chi connectivity index (χ4n) is 2.18. The minimum absolute atomic E-state index is 0.147. The maximum Gasteiger partial charge on any atom is 0.195 e. The van der Waals surface area contributed by atoms with E-state index in [1.54, 1.807) is 13.8 Å². The first-order valence-electron chi connectivity index (χ1n) is 5.87. The molecule has 2 N–H and O–H groups in total. The van der Waals surface area contributed by atoms with E-state index in [2.05, 4.69) is 0 Å². The molecule has 20 heavy (non-hydrogen) atoms. The molecule has 0 aromatic heterocycles. The molecule has 5 heteroatoms. The molecule has 0 aliphatic heterocycles. The van der Waals surface area contributed by atoms with Gasteiger partial charge in [-0.1, -0.05) is 23.2 Å². The highest BCUT2D eigenvalue weighted by molar-refractivity contribution is 6.44. The average molecular weight is 312 g/mol. The van der Waals surface area contributed by atoms with Gasteiger partial charge in [0.1, 0.15) is 5.82 Å². The van der Waals surface area contributed by atoms with Gasteiger partial charge in [-0.25, -0.2) is 4.39 Å². The van der Waals surface area contributed by atoms with Crippen LogP contribution < -0.4 is 5.73 Å². The van der Waals surface area contributed by atoms with Crippen molar-refractivity contribution >= 4 is 34.7 Å². The lowest BCUT2D eigenvalue weighted by Gasteiger charge is -2.11. The summed E-state index contributed by atoms with van der Waals surface area (Å²) < 4.78 is 13.3. The quantitative estimate of drug-likeness (QED) is 0.652. The van der Waals surface area contributed by atoms with Crippen molar-refractivity contribution in [3.63, 3.8) is 0 Å². The molecule has 2 aromatic carbocycles. The third-order valence-corrected chi connectivity index (χ3v) is 3.82. The predicted molar refractivity (Wildman–Crippen MR) is 80.2 cm³/mol. The molecule has 2 nitrogen and oxygen atoms in total. The van der Waals surface area contributed by atoms with Crippen LogP contribution in [0.2, 0.25) is 10.0 Å². The second-order valence-electron chi connectivity index (χ2n) is 4.61. The molecule has 2 aromatic rings. The topological polar surface area (TPSA) is 43.1 Å². The van der Waals surface area contributed by atoms with E-state index in [0.717, 1.165) is 0 Å². The number of halogens is 3. The zero-order chi connectivity index (χ0) is 15.0. The first-order valence-corrected chi connectivity index (χ1v) is 6.63. The second-order valence-corrected chi connectivity index (χ2v) is 5.39. The summed E-state index contributed by atoms with van der Waals surface area (Å²) in [5.74, 6) is -0.701. The third kappa shape index (κ3) is 2.65.